The van der Waals surface area contributed by atoms with E-state index < -0.39 is 0 Å². The predicted molar refractivity (Wildman–Crippen MR) is 55.4 cm³/mol. The van der Waals surface area contributed by atoms with Gasteiger partial charge in [-0.25, -0.2) is 0 Å². The first-order valence-corrected chi connectivity index (χ1v) is 6.30. The second kappa shape index (κ2) is 1.89. The number of fused-ring (bicyclic) bond motifs is 1. The first kappa shape index (κ1) is 6.87. The van der Waals surface area contributed by atoms with Crippen molar-refractivity contribution in [3.8, 4) is 0 Å². The van der Waals surface area contributed by atoms with Crippen molar-refractivity contribution in [1.82, 2.24) is 0 Å². The summed E-state index contributed by atoms with van der Waals surface area (Å²) in [5, 5.41) is 0. The topological polar surface area (TPSA) is 0 Å². The van der Waals surface area contributed by atoms with Crippen LogP contribution in [0.15, 0.2) is 24.3 Å². The highest BCUT2D eigenvalue weighted by Crippen LogP contribution is 2.70. The summed E-state index contributed by atoms with van der Waals surface area (Å²) >= 11 is 0. The van der Waals surface area contributed by atoms with Crippen molar-refractivity contribution in [1.29, 1.82) is 0 Å². The molecule has 5 rings (SSSR count). The van der Waals surface area contributed by atoms with Gasteiger partial charge in [0.1, 0.15) is 0 Å². The Morgan fingerprint density at radius 3 is 1.79 bits per heavy atom. The molecule has 0 aliphatic heterocycles. The highest BCUT2D eigenvalue weighted by molar-refractivity contribution is 5.29. The van der Waals surface area contributed by atoms with Gasteiger partial charge >= 0.3 is 0 Å². The summed E-state index contributed by atoms with van der Waals surface area (Å²) in [5.74, 6) is 8.33. The van der Waals surface area contributed by atoms with Gasteiger partial charge in [-0.2, -0.15) is 0 Å². The molecule has 0 amide bonds. The molecule has 0 aromatic carbocycles. The van der Waals surface area contributed by atoms with Crippen LogP contribution in [0, 0.1) is 47.3 Å². The predicted octanol–water partition coefficient (Wildman–Crippen LogP) is 2.88. The Hall–Kier alpha value is -0.520. The summed E-state index contributed by atoms with van der Waals surface area (Å²) < 4.78 is 0. The second-order valence-corrected chi connectivity index (χ2v) is 6.22. The molecular formula is C14H16. The smallest absolute Gasteiger partial charge is 0.0131 e. The maximum absolute atomic E-state index is 2.57. The average molecular weight is 184 g/mol. The molecule has 0 heterocycles. The van der Waals surface area contributed by atoms with E-state index in [2.05, 4.69) is 24.3 Å². The molecule has 6 unspecified atom stereocenters. The van der Waals surface area contributed by atoms with Crippen LogP contribution in [-0.4, -0.2) is 0 Å². The lowest BCUT2D eigenvalue weighted by atomic mass is 9.88. The molecule has 0 spiro atoms. The molecule has 0 aromatic rings. The van der Waals surface area contributed by atoms with Gasteiger partial charge < -0.3 is 0 Å². The van der Waals surface area contributed by atoms with Crippen molar-refractivity contribution >= 4 is 0 Å². The van der Waals surface area contributed by atoms with Gasteiger partial charge in [0.2, 0.25) is 0 Å². The van der Waals surface area contributed by atoms with Gasteiger partial charge in [0.15, 0.2) is 0 Å². The largest absolute Gasteiger partial charge is 0.0848 e. The summed E-state index contributed by atoms with van der Waals surface area (Å²) in [6, 6.07) is 0. The Morgan fingerprint density at radius 1 is 0.643 bits per heavy atom. The molecule has 0 bridgehead atoms. The zero-order valence-electron chi connectivity index (χ0n) is 8.34. The number of rotatable bonds is 0. The van der Waals surface area contributed by atoms with Crippen molar-refractivity contribution < 1.29 is 0 Å². The van der Waals surface area contributed by atoms with Gasteiger partial charge in [-0.3, -0.25) is 0 Å². The van der Waals surface area contributed by atoms with Crippen LogP contribution in [0.3, 0.4) is 0 Å². The molecule has 3 fully saturated rings. The lowest BCUT2D eigenvalue weighted by molar-refractivity contribution is 0.321. The van der Waals surface area contributed by atoms with Gasteiger partial charge in [0.05, 0.1) is 0 Å². The van der Waals surface area contributed by atoms with Gasteiger partial charge in [0, 0.05) is 0 Å². The minimum Gasteiger partial charge on any atom is -0.0848 e. The van der Waals surface area contributed by atoms with Gasteiger partial charge in [-0.05, 0) is 60.2 Å². The van der Waals surface area contributed by atoms with E-state index in [0.717, 1.165) is 47.3 Å². The molecule has 5 aliphatic rings. The minimum atomic E-state index is 0.960. The quantitative estimate of drug-likeness (QED) is 0.508. The van der Waals surface area contributed by atoms with Crippen molar-refractivity contribution in [3.63, 3.8) is 0 Å². The zero-order chi connectivity index (χ0) is 8.86. The monoisotopic (exact) mass is 184 g/mol. The van der Waals surface area contributed by atoms with Crippen molar-refractivity contribution in [3.05, 3.63) is 24.3 Å². The molecule has 0 N–H and O–H groups in total. The van der Waals surface area contributed by atoms with Crippen LogP contribution in [0.25, 0.3) is 0 Å². The fourth-order valence-electron chi connectivity index (χ4n) is 5.95. The molecule has 0 saturated heterocycles. The first-order chi connectivity index (χ1) is 6.93. The van der Waals surface area contributed by atoms with Crippen LogP contribution in [0.4, 0.5) is 0 Å². The Morgan fingerprint density at radius 2 is 1.21 bits per heavy atom. The molecule has 14 heavy (non-hydrogen) atoms. The standard InChI is InChI=1S/C14H16/c1-3-10-11-4-2-8-6-9-5-7(1)12(10)14(9)13(8)11/h1-4,7-14H,5-6H2. The van der Waals surface area contributed by atoms with Gasteiger partial charge in [-0.15, -0.1) is 0 Å². The summed E-state index contributed by atoms with van der Waals surface area (Å²) in [6.45, 7) is 0. The molecule has 3 saturated carbocycles. The minimum absolute atomic E-state index is 0.960. The maximum Gasteiger partial charge on any atom is -0.0131 e. The van der Waals surface area contributed by atoms with Crippen molar-refractivity contribution in [2.45, 2.75) is 12.8 Å². The van der Waals surface area contributed by atoms with Gasteiger partial charge in [-0.1, -0.05) is 24.3 Å². The highest BCUT2D eigenvalue weighted by Gasteiger charge is 2.65. The van der Waals surface area contributed by atoms with Crippen LogP contribution >= 0.6 is 0 Å². The summed E-state index contributed by atoms with van der Waals surface area (Å²) in [7, 11) is 0. The number of allylic oxidation sites excluding steroid dienone is 4. The van der Waals surface area contributed by atoms with E-state index >= 15 is 0 Å². The lowest BCUT2D eigenvalue weighted by Gasteiger charge is -2.16. The van der Waals surface area contributed by atoms with Crippen molar-refractivity contribution in [2.75, 3.05) is 0 Å². The average Bonchev–Trinajstić information content (AvgIpc) is 2.77. The fraction of sp³-hybridized carbons (Fsp3) is 0.714. The van der Waals surface area contributed by atoms with Crippen LogP contribution in [-0.2, 0) is 0 Å². The van der Waals surface area contributed by atoms with E-state index in [4.69, 9.17) is 0 Å². The third-order valence-corrected chi connectivity index (χ3v) is 6.07. The Kier molecular flexibility index (Phi) is 0.929. The molecule has 5 aliphatic carbocycles. The SMILES string of the molecule is C1=CC2C3C=CC4CC5CC1C2C5C43. The van der Waals surface area contributed by atoms with E-state index in [0.29, 0.717) is 0 Å². The molecular weight excluding hydrogens is 168 g/mol. The van der Waals surface area contributed by atoms with Crippen molar-refractivity contribution in [2.24, 2.45) is 47.3 Å². The lowest BCUT2D eigenvalue weighted by Crippen LogP contribution is -2.13. The van der Waals surface area contributed by atoms with Crippen LogP contribution < -0.4 is 0 Å². The number of hydrogen-bond donors (Lipinski definition) is 0. The summed E-state index contributed by atoms with van der Waals surface area (Å²) in [5.41, 5.74) is 0. The van der Waals surface area contributed by atoms with E-state index in [1.54, 1.807) is 0 Å². The Balaban J connectivity index is 1.77. The zero-order valence-corrected chi connectivity index (χ0v) is 8.34. The third kappa shape index (κ3) is 0.515. The normalized spacial score (nSPS) is 69.7. The molecule has 0 radical (unpaired) electrons. The summed E-state index contributed by atoms with van der Waals surface area (Å²) in [6.07, 6.45) is 13.3. The van der Waals surface area contributed by atoms with E-state index in [9.17, 15) is 0 Å². The Labute approximate surface area is 85.1 Å². The Bertz CT molecular complexity index is 330. The first-order valence-electron chi connectivity index (χ1n) is 6.30. The molecule has 72 valence electrons. The van der Waals surface area contributed by atoms with E-state index in [1.165, 1.54) is 12.8 Å². The van der Waals surface area contributed by atoms with Crippen LogP contribution in [0.1, 0.15) is 12.8 Å². The van der Waals surface area contributed by atoms with E-state index in [1.807, 2.05) is 0 Å². The van der Waals surface area contributed by atoms with E-state index in [-0.39, 0.29) is 0 Å². The highest BCUT2D eigenvalue weighted by atomic mass is 14.7. The third-order valence-electron chi connectivity index (χ3n) is 6.07. The molecule has 0 aromatic heterocycles. The molecule has 6 atom stereocenters. The number of hydrogen-bond acceptors (Lipinski definition) is 0. The maximum atomic E-state index is 2.57. The van der Waals surface area contributed by atoms with Gasteiger partial charge in [0.25, 0.3) is 0 Å². The molecule has 0 heteroatoms. The van der Waals surface area contributed by atoms with Crippen LogP contribution in [0.5, 0.6) is 0 Å². The molecule has 0 nitrogen and oxygen atoms in total. The second-order valence-electron chi connectivity index (χ2n) is 6.22. The fourth-order valence-corrected chi connectivity index (χ4v) is 5.95. The summed E-state index contributed by atoms with van der Waals surface area (Å²) in [4.78, 5) is 0. The van der Waals surface area contributed by atoms with Crippen LogP contribution in [0.2, 0.25) is 0 Å².